The minimum Gasteiger partial charge on any atom is -0.495 e. The number of nitrogens with one attached hydrogen (secondary N) is 2. The number of methoxy groups -OCH3 is 1. The highest BCUT2D eigenvalue weighted by Crippen LogP contribution is 2.28. The molecule has 1 aromatic carbocycles. The van der Waals surface area contributed by atoms with E-state index >= 15 is 0 Å². The van der Waals surface area contributed by atoms with Crippen LogP contribution in [0, 0.1) is 0 Å². The standard InChI is InChI=1S/C16H23N5O4S/c1-20(9-5-11-21-10-4-8-17-21)16(22)18-13-6-7-15(25-2)14(12-13)19-26(3,23)24/h4,6-8,10,12,19H,5,9,11H2,1-3H3,(H,18,22). The van der Waals surface area contributed by atoms with Crippen molar-refractivity contribution in [1.82, 2.24) is 14.7 Å². The molecular weight excluding hydrogens is 358 g/mol. The van der Waals surface area contributed by atoms with Gasteiger partial charge in [-0.25, -0.2) is 13.2 Å². The Balaban J connectivity index is 1.95. The molecule has 9 nitrogen and oxygen atoms in total. The zero-order chi connectivity index (χ0) is 19.2. The molecule has 1 heterocycles. The molecule has 0 radical (unpaired) electrons. The number of hydrogen-bond donors (Lipinski definition) is 2. The topological polar surface area (TPSA) is 106 Å². The summed E-state index contributed by atoms with van der Waals surface area (Å²) in [6.07, 6.45) is 5.39. The molecule has 0 saturated carbocycles. The molecule has 0 aliphatic carbocycles. The average Bonchev–Trinajstić information content (AvgIpc) is 3.07. The van der Waals surface area contributed by atoms with E-state index in [0.29, 0.717) is 18.0 Å². The maximum atomic E-state index is 12.3. The van der Waals surface area contributed by atoms with Gasteiger partial charge in [0, 0.05) is 38.2 Å². The van der Waals surface area contributed by atoms with E-state index in [9.17, 15) is 13.2 Å². The lowest BCUT2D eigenvalue weighted by atomic mass is 10.2. The highest BCUT2D eigenvalue weighted by molar-refractivity contribution is 7.92. The van der Waals surface area contributed by atoms with Crippen molar-refractivity contribution in [2.24, 2.45) is 0 Å². The Morgan fingerprint density at radius 1 is 1.38 bits per heavy atom. The number of nitrogens with zero attached hydrogens (tertiary/aromatic N) is 3. The number of ether oxygens (including phenoxy) is 1. The third kappa shape index (κ3) is 5.96. The lowest BCUT2D eigenvalue weighted by Gasteiger charge is -2.19. The Labute approximate surface area is 153 Å². The van der Waals surface area contributed by atoms with Crippen molar-refractivity contribution >= 4 is 27.4 Å². The highest BCUT2D eigenvalue weighted by atomic mass is 32.2. The van der Waals surface area contributed by atoms with Gasteiger partial charge in [-0.1, -0.05) is 0 Å². The summed E-state index contributed by atoms with van der Waals surface area (Å²) in [5.41, 5.74) is 0.718. The number of carbonyl (C=O) groups is 1. The third-order valence-electron chi connectivity index (χ3n) is 3.53. The number of aryl methyl sites for hydroxylation is 1. The number of carbonyl (C=O) groups excluding carboxylic acids is 1. The fourth-order valence-corrected chi connectivity index (χ4v) is 2.85. The smallest absolute Gasteiger partial charge is 0.321 e. The average molecular weight is 381 g/mol. The molecule has 0 bridgehead atoms. The number of anilines is 2. The SMILES string of the molecule is COc1ccc(NC(=O)N(C)CCCn2cccn2)cc1NS(C)(=O)=O. The molecule has 2 rings (SSSR count). The zero-order valence-corrected chi connectivity index (χ0v) is 15.8. The van der Waals surface area contributed by atoms with E-state index < -0.39 is 10.0 Å². The predicted molar refractivity (Wildman–Crippen MR) is 100.0 cm³/mol. The van der Waals surface area contributed by atoms with Crippen molar-refractivity contribution < 1.29 is 17.9 Å². The summed E-state index contributed by atoms with van der Waals surface area (Å²) >= 11 is 0. The molecule has 0 aliphatic heterocycles. The van der Waals surface area contributed by atoms with Gasteiger partial charge in [-0.2, -0.15) is 5.10 Å². The quantitative estimate of drug-likeness (QED) is 0.725. The normalized spacial score (nSPS) is 11.0. The Bertz CT molecular complexity index is 836. The second-order valence-electron chi connectivity index (χ2n) is 5.76. The van der Waals surface area contributed by atoms with Crippen molar-refractivity contribution in [3.63, 3.8) is 0 Å². The lowest BCUT2D eigenvalue weighted by Crippen LogP contribution is -2.32. The molecule has 0 spiro atoms. The van der Waals surface area contributed by atoms with Crippen LogP contribution >= 0.6 is 0 Å². The van der Waals surface area contributed by atoms with Crippen LogP contribution in [-0.4, -0.2) is 56.1 Å². The van der Waals surface area contributed by atoms with Crippen molar-refractivity contribution in [1.29, 1.82) is 0 Å². The summed E-state index contributed by atoms with van der Waals surface area (Å²) in [6.45, 7) is 1.27. The van der Waals surface area contributed by atoms with Gasteiger partial charge >= 0.3 is 6.03 Å². The summed E-state index contributed by atoms with van der Waals surface area (Å²) in [7, 11) is -0.335. The largest absolute Gasteiger partial charge is 0.495 e. The van der Waals surface area contributed by atoms with E-state index in [1.165, 1.54) is 13.2 Å². The number of aromatic nitrogens is 2. The molecule has 2 N–H and O–H groups in total. The Kier molecular flexibility index (Phi) is 6.45. The second kappa shape index (κ2) is 8.56. The Morgan fingerprint density at radius 2 is 2.15 bits per heavy atom. The first kappa shape index (κ1) is 19.6. The minimum atomic E-state index is -3.47. The fourth-order valence-electron chi connectivity index (χ4n) is 2.29. The lowest BCUT2D eigenvalue weighted by molar-refractivity contribution is 0.221. The molecule has 1 aromatic heterocycles. The summed E-state index contributed by atoms with van der Waals surface area (Å²) in [5.74, 6) is 0.362. The Hall–Kier alpha value is -2.75. The molecule has 0 fully saturated rings. The van der Waals surface area contributed by atoms with E-state index in [1.807, 2.05) is 12.3 Å². The maximum absolute atomic E-state index is 12.3. The summed E-state index contributed by atoms with van der Waals surface area (Å²) in [5, 5.41) is 6.85. The maximum Gasteiger partial charge on any atom is 0.321 e. The van der Waals surface area contributed by atoms with E-state index in [2.05, 4.69) is 15.1 Å². The summed E-state index contributed by atoms with van der Waals surface area (Å²) in [6, 6.07) is 6.29. The van der Waals surface area contributed by atoms with Crippen LogP contribution in [0.5, 0.6) is 5.75 Å². The molecule has 26 heavy (non-hydrogen) atoms. The van der Waals surface area contributed by atoms with Crippen LogP contribution in [0.4, 0.5) is 16.2 Å². The van der Waals surface area contributed by atoms with Crippen LogP contribution in [0.15, 0.2) is 36.7 Å². The van der Waals surface area contributed by atoms with Crippen LogP contribution in [-0.2, 0) is 16.6 Å². The van der Waals surface area contributed by atoms with Gasteiger partial charge in [-0.15, -0.1) is 0 Å². The van der Waals surface area contributed by atoms with Gasteiger partial charge in [-0.3, -0.25) is 9.40 Å². The summed E-state index contributed by atoms with van der Waals surface area (Å²) in [4.78, 5) is 13.8. The number of hydrogen-bond acceptors (Lipinski definition) is 5. The van der Waals surface area contributed by atoms with Gasteiger partial charge in [0.2, 0.25) is 10.0 Å². The van der Waals surface area contributed by atoms with Crippen molar-refractivity contribution in [2.45, 2.75) is 13.0 Å². The van der Waals surface area contributed by atoms with E-state index in [4.69, 9.17) is 4.74 Å². The molecule has 0 aliphatic rings. The van der Waals surface area contributed by atoms with Crippen LogP contribution in [0.2, 0.25) is 0 Å². The van der Waals surface area contributed by atoms with Gasteiger partial charge in [0.15, 0.2) is 0 Å². The van der Waals surface area contributed by atoms with Crippen LogP contribution in [0.25, 0.3) is 0 Å². The minimum absolute atomic E-state index is 0.258. The van der Waals surface area contributed by atoms with Gasteiger partial charge < -0.3 is 15.0 Å². The zero-order valence-electron chi connectivity index (χ0n) is 15.0. The first-order chi connectivity index (χ1) is 12.3. The molecule has 10 heteroatoms. The molecule has 0 unspecified atom stereocenters. The second-order valence-corrected chi connectivity index (χ2v) is 7.51. The van der Waals surface area contributed by atoms with Gasteiger partial charge in [-0.05, 0) is 30.7 Å². The number of urea groups is 1. The van der Waals surface area contributed by atoms with Gasteiger partial charge in [0.25, 0.3) is 0 Å². The van der Waals surface area contributed by atoms with Crippen LogP contribution < -0.4 is 14.8 Å². The first-order valence-corrected chi connectivity index (χ1v) is 9.83. The molecule has 142 valence electrons. The molecular formula is C16H23N5O4S. The van der Waals surface area contributed by atoms with E-state index in [-0.39, 0.29) is 11.7 Å². The third-order valence-corrected chi connectivity index (χ3v) is 4.12. The van der Waals surface area contributed by atoms with E-state index in [1.54, 1.807) is 35.0 Å². The van der Waals surface area contributed by atoms with Gasteiger partial charge in [0.05, 0.1) is 19.1 Å². The van der Waals surface area contributed by atoms with Crippen molar-refractivity contribution in [2.75, 3.05) is 37.0 Å². The summed E-state index contributed by atoms with van der Waals surface area (Å²) < 4.78 is 32.2. The molecule has 2 aromatic rings. The van der Waals surface area contributed by atoms with E-state index in [0.717, 1.165) is 19.2 Å². The highest BCUT2D eigenvalue weighted by Gasteiger charge is 2.12. The van der Waals surface area contributed by atoms with Gasteiger partial charge in [0.1, 0.15) is 5.75 Å². The number of benzene rings is 1. The number of amides is 2. The van der Waals surface area contributed by atoms with Crippen molar-refractivity contribution in [3.05, 3.63) is 36.7 Å². The predicted octanol–water partition coefficient (Wildman–Crippen LogP) is 1.82. The first-order valence-electron chi connectivity index (χ1n) is 7.94. The Morgan fingerprint density at radius 3 is 2.77 bits per heavy atom. The van der Waals surface area contributed by atoms with Crippen LogP contribution in [0.3, 0.4) is 0 Å². The fraction of sp³-hybridized carbons (Fsp3) is 0.375. The number of rotatable bonds is 8. The number of sulfonamides is 1. The molecule has 0 atom stereocenters. The molecule has 0 saturated heterocycles. The monoisotopic (exact) mass is 381 g/mol. The van der Waals surface area contributed by atoms with Crippen molar-refractivity contribution in [3.8, 4) is 5.75 Å². The molecule has 2 amide bonds. The van der Waals surface area contributed by atoms with Crippen LogP contribution in [0.1, 0.15) is 6.42 Å².